The summed E-state index contributed by atoms with van der Waals surface area (Å²) in [4.78, 5) is 11.0. The van der Waals surface area contributed by atoms with Crippen molar-refractivity contribution in [2.24, 2.45) is 0 Å². The fourth-order valence-electron chi connectivity index (χ4n) is 0.760. The molecule has 0 spiro atoms. The van der Waals surface area contributed by atoms with E-state index >= 15 is 0 Å². The van der Waals surface area contributed by atoms with Gasteiger partial charge < -0.3 is 15.4 Å². The lowest BCUT2D eigenvalue weighted by atomic mass is 10.5. The predicted octanol–water partition coefficient (Wildman–Crippen LogP) is 1.12. The zero-order valence-electron chi connectivity index (χ0n) is 8.72. The van der Waals surface area contributed by atoms with Crippen LogP contribution >= 0.6 is 0 Å². The molecular weight excluding hydrogens is 168 g/mol. The van der Waals surface area contributed by atoms with Gasteiger partial charge in [0.1, 0.15) is 0 Å². The predicted molar refractivity (Wildman–Crippen MR) is 52.8 cm³/mol. The molecule has 0 aromatic rings. The second-order valence-corrected chi connectivity index (χ2v) is 3.10. The van der Waals surface area contributed by atoms with E-state index in [9.17, 15) is 4.79 Å². The van der Waals surface area contributed by atoms with Gasteiger partial charge in [-0.3, -0.25) is 0 Å². The second kappa shape index (κ2) is 7.86. The van der Waals surface area contributed by atoms with E-state index in [2.05, 4.69) is 10.6 Å². The van der Waals surface area contributed by atoms with Crippen molar-refractivity contribution in [3.8, 4) is 0 Å². The monoisotopic (exact) mass is 188 g/mol. The van der Waals surface area contributed by atoms with Crippen LogP contribution in [0.3, 0.4) is 0 Å². The normalized spacial score (nSPS) is 10.2. The summed E-state index contributed by atoms with van der Waals surface area (Å²) in [6, 6.07) is -0.116. The summed E-state index contributed by atoms with van der Waals surface area (Å²) in [7, 11) is 0. The fraction of sp³-hybridized carbons (Fsp3) is 0.889. The van der Waals surface area contributed by atoms with Crippen LogP contribution in [0.5, 0.6) is 0 Å². The Labute approximate surface area is 80.0 Å². The van der Waals surface area contributed by atoms with Crippen molar-refractivity contribution in [2.45, 2.75) is 33.3 Å². The van der Waals surface area contributed by atoms with Gasteiger partial charge in [0.15, 0.2) is 0 Å². The first kappa shape index (κ1) is 12.2. The van der Waals surface area contributed by atoms with Gasteiger partial charge in [0.25, 0.3) is 0 Å². The van der Waals surface area contributed by atoms with Gasteiger partial charge in [0.2, 0.25) is 0 Å². The number of hydrogen-bond acceptors (Lipinski definition) is 2. The van der Waals surface area contributed by atoms with Crippen molar-refractivity contribution < 1.29 is 9.53 Å². The standard InChI is InChI=1S/C9H20N2O2/c1-4-5-10-9(12)11-6-7-13-8(2)3/h8H,4-7H2,1-3H3,(H2,10,11,12). The lowest BCUT2D eigenvalue weighted by Gasteiger charge is -2.09. The van der Waals surface area contributed by atoms with E-state index in [-0.39, 0.29) is 12.1 Å². The van der Waals surface area contributed by atoms with Crippen molar-refractivity contribution in [3.05, 3.63) is 0 Å². The highest BCUT2D eigenvalue weighted by Gasteiger charge is 1.97. The van der Waals surface area contributed by atoms with Gasteiger partial charge in [-0.2, -0.15) is 0 Å². The van der Waals surface area contributed by atoms with Gasteiger partial charge in [0.05, 0.1) is 12.7 Å². The minimum absolute atomic E-state index is 0.116. The molecule has 0 aromatic carbocycles. The van der Waals surface area contributed by atoms with Crippen molar-refractivity contribution in [1.29, 1.82) is 0 Å². The first-order valence-corrected chi connectivity index (χ1v) is 4.80. The smallest absolute Gasteiger partial charge is 0.314 e. The molecule has 0 bridgehead atoms. The van der Waals surface area contributed by atoms with Gasteiger partial charge in [-0.1, -0.05) is 6.92 Å². The Hall–Kier alpha value is -0.770. The van der Waals surface area contributed by atoms with E-state index in [1.54, 1.807) is 0 Å². The fourth-order valence-corrected chi connectivity index (χ4v) is 0.760. The largest absolute Gasteiger partial charge is 0.377 e. The molecular formula is C9H20N2O2. The molecule has 0 radical (unpaired) electrons. The molecule has 0 heterocycles. The highest BCUT2D eigenvalue weighted by atomic mass is 16.5. The van der Waals surface area contributed by atoms with Crippen molar-refractivity contribution >= 4 is 6.03 Å². The molecule has 0 aliphatic heterocycles. The molecule has 0 saturated heterocycles. The molecule has 2 amide bonds. The highest BCUT2D eigenvalue weighted by molar-refractivity contribution is 5.73. The third-order valence-corrected chi connectivity index (χ3v) is 1.37. The second-order valence-electron chi connectivity index (χ2n) is 3.10. The lowest BCUT2D eigenvalue weighted by Crippen LogP contribution is -2.37. The maximum Gasteiger partial charge on any atom is 0.314 e. The number of hydrogen-bond donors (Lipinski definition) is 2. The number of carbonyl (C=O) groups excluding carboxylic acids is 1. The van der Waals surface area contributed by atoms with Gasteiger partial charge >= 0.3 is 6.03 Å². The Balaban J connectivity index is 3.17. The van der Waals surface area contributed by atoms with Crippen LogP contribution in [0.4, 0.5) is 4.79 Å². The van der Waals surface area contributed by atoms with E-state index in [4.69, 9.17) is 4.74 Å². The van der Waals surface area contributed by atoms with Crippen molar-refractivity contribution in [2.75, 3.05) is 19.7 Å². The first-order chi connectivity index (χ1) is 6.16. The highest BCUT2D eigenvalue weighted by Crippen LogP contribution is 1.84. The van der Waals surface area contributed by atoms with Gasteiger partial charge in [-0.25, -0.2) is 4.79 Å². The van der Waals surface area contributed by atoms with Crippen LogP contribution in [-0.2, 0) is 4.74 Å². The van der Waals surface area contributed by atoms with E-state index in [0.29, 0.717) is 13.2 Å². The lowest BCUT2D eigenvalue weighted by molar-refractivity contribution is 0.0818. The van der Waals surface area contributed by atoms with Crippen LogP contribution in [0.1, 0.15) is 27.2 Å². The minimum Gasteiger partial charge on any atom is -0.377 e. The van der Waals surface area contributed by atoms with E-state index in [0.717, 1.165) is 13.0 Å². The molecule has 0 fully saturated rings. The summed E-state index contributed by atoms with van der Waals surface area (Å²) < 4.78 is 5.25. The van der Waals surface area contributed by atoms with Crippen LogP contribution < -0.4 is 10.6 Å². The average Bonchev–Trinajstić information content (AvgIpc) is 2.08. The maximum atomic E-state index is 11.0. The summed E-state index contributed by atoms with van der Waals surface area (Å²) in [6.45, 7) is 7.80. The quantitative estimate of drug-likeness (QED) is 0.614. The zero-order valence-corrected chi connectivity index (χ0v) is 8.72. The summed E-state index contributed by atoms with van der Waals surface area (Å²) in [5.74, 6) is 0. The number of nitrogens with one attached hydrogen (secondary N) is 2. The average molecular weight is 188 g/mol. The number of rotatable bonds is 6. The number of ether oxygens (including phenoxy) is 1. The van der Waals surface area contributed by atoms with Crippen LogP contribution in [-0.4, -0.2) is 31.8 Å². The van der Waals surface area contributed by atoms with Crippen LogP contribution in [0.2, 0.25) is 0 Å². The van der Waals surface area contributed by atoms with Crippen LogP contribution in [0.15, 0.2) is 0 Å². The van der Waals surface area contributed by atoms with Gasteiger partial charge in [0, 0.05) is 13.1 Å². The van der Waals surface area contributed by atoms with E-state index in [1.165, 1.54) is 0 Å². The Bertz CT molecular complexity index is 138. The molecule has 0 aliphatic carbocycles. The maximum absolute atomic E-state index is 11.0. The Morgan fingerprint density at radius 1 is 1.31 bits per heavy atom. The Morgan fingerprint density at radius 2 is 1.92 bits per heavy atom. The molecule has 2 N–H and O–H groups in total. The van der Waals surface area contributed by atoms with E-state index < -0.39 is 0 Å². The summed E-state index contributed by atoms with van der Waals surface area (Å²) >= 11 is 0. The number of amides is 2. The zero-order chi connectivity index (χ0) is 10.1. The molecule has 0 rings (SSSR count). The molecule has 0 aliphatic rings. The van der Waals surface area contributed by atoms with Crippen molar-refractivity contribution in [1.82, 2.24) is 10.6 Å². The summed E-state index contributed by atoms with van der Waals surface area (Å²) in [5, 5.41) is 5.41. The van der Waals surface area contributed by atoms with Gasteiger partial charge in [-0.05, 0) is 20.3 Å². The van der Waals surface area contributed by atoms with Crippen LogP contribution in [0, 0.1) is 0 Å². The molecule has 0 atom stereocenters. The van der Waals surface area contributed by atoms with E-state index in [1.807, 2.05) is 20.8 Å². The van der Waals surface area contributed by atoms with Crippen LogP contribution in [0.25, 0.3) is 0 Å². The molecule has 0 unspecified atom stereocenters. The third kappa shape index (κ3) is 9.14. The number of carbonyl (C=O) groups is 1. The van der Waals surface area contributed by atoms with Crippen molar-refractivity contribution in [3.63, 3.8) is 0 Å². The summed E-state index contributed by atoms with van der Waals surface area (Å²) in [5.41, 5.74) is 0. The molecule has 0 aromatic heterocycles. The molecule has 78 valence electrons. The summed E-state index contributed by atoms with van der Waals surface area (Å²) in [6.07, 6.45) is 1.18. The molecule has 0 saturated carbocycles. The minimum atomic E-state index is -0.116. The Kier molecular flexibility index (Phi) is 7.39. The SMILES string of the molecule is CCCNC(=O)NCCOC(C)C. The number of urea groups is 1. The third-order valence-electron chi connectivity index (χ3n) is 1.37. The first-order valence-electron chi connectivity index (χ1n) is 4.80. The molecule has 4 heteroatoms. The topological polar surface area (TPSA) is 50.4 Å². The molecule has 13 heavy (non-hydrogen) atoms. The molecule has 4 nitrogen and oxygen atoms in total. The Morgan fingerprint density at radius 3 is 2.46 bits per heavy atom. The van der Waals surface area contributed by atoms with Gasteiger partial charge in [-0.15, -0.1) is 0 Å².